The first kappa shape index (κ1) is 38.0. The largest absolute Gasteiger partial charge is 0.480 e. The summed E-state index contributed by atoms with van der Waals surface area (Å²) in [6.45, 7) is -2.55. The van der Waals surface area contributed by atoms with Gasteiger partial charge in [-0.2, -0.15) is 0 Å². The van der Waals surface area contributed by atoms with Crippen LogP contribution in [0.25, 0.3) is 0 Å². The number of carbonyl (C=O) groups is 8. The summed E-state index contributed by atoms with van der Waals surface area (Å²) in [6.07, 6.45) is 0.607. The number of nitrogens with zero attached hydrogens (tertiary/aromatic N) is 2. The van der Waals surface area contributed by atoms with Crippen molar-refractivity contribution < 1.29 is 77.0 Å². The molecule has 0 spiro atoms. The Balaban J connectivity index is 1.62. The molecular formula is C30H32N2O16. The number of anilines is 2. The van der Waals surface area contributed by atoms with E-state index >= 15 is 0 Å². The summed E-state index contributed by atoms with van der Waals surface area (Å²) in [5.41, 5.74) is 0.868. The van der Waals surface area contributed by atoms with Crippen LogP contribution in [0.2, 0.25) is 0 Å². The lowest BCUT2D eigenvalue weighted by Crippen LogP contribution is -2.34. The molecule has 2 N–H and O–H groups in total. The molecule has 0 aliphatic rings. The highest BCUT2D eigenvalue weighted by Gasteiger charge is 2.17. The molecule has 2 rings (SSSR count). The van der Waals surface area contributed by atoms with Crippen molar-refractivity contribution in [3.05, 3.63) is 59.7 Å². The average Bonchev–Trinajstić information content (AvgIpc) is 3.07. The molecular weight excluding hydrogens is 644 g/mol. The Morgan fingerprint density at radius 1 is 0.562 bits per heavy atom. The lowest BCUT2D eigenvalue weighted by Gasteiger charge is -2.22. The van der Waals surface area contributed by atoms with Crippen molar-refractivity contribution in [2.45, 2.75) is 12.8 Å². The van der Waals surface area contributed by atoms with Crippen molar-refractivity contribution in [2.24, 2.45) is 0 Å². The van der Waals surface area contributed by atoms with E-state index in [2.05, 4.69) is 9.47 Å². The van der Waals surface area contributed by atoms with E-state index < -0.39 is 62.1 Å². The molecule has 0 aliphatic carbocycles. The minimum absolute atomic E-state index is 0.0368. The van der Waals surface area contributed by atoms with Crippen molar-refractivity contribution in [1.29, 1.82) is 0 Å². The van der Waals surface area contributed by atoms with Gasteiger partial charge >= 0.3 is 35.8 Å². The fourth-order valence-corrected chi connectivity index (χ4v) is 3.68. The zero-order valence-corrected chi connectivity index (χ0v) is 25.3. The maximum Gasteiger partial charge on any atom is 0.344 e. The number of unbranched alkanes of at least 4 members (excludes halogenated alkanes) is 1. The fraction of sp³-hybridized carbons (Fsp3) is 0.333. The molecule has 0 saturated heterocycles. The first-order valence-electron chi connectivity index (χ1n) is 13.9. The number of carbonyl (C=O) groups excluding carboxylic acids is 6. The fourth-order valence-electron chi connectivity index (χ4n) is 3.68. The molecule has 0 unspecified atom stereocenters. The predicted molar refractivity (Wildman–Crippen MR) is 159 cm³/mol. The number of carboxylic acids is 2. The van der Waals surface area contributed by atoms with Crippen LogP contribution in [0.5, 0.6) is 0 Å². The van der Waals surface area contributed by atoms with Crippen molar-refractivity contribution in [3.63, 3.8) is 0 Å². The molecule has 0 aliphatic heterocycles. The highest BCUT2D eigenvalue weighted by atomic mass is 16.6. The van der Waals surface area contributed by atoms with Crippen LogP contribution in [0.3, 0.4) is 0 Å². The Morgan fingerprint density at radius 2 is 0.938 bits per heavy atom. The monoisotopic (exact) mass is 676 g/mol. The summed E-state index contributed by atoms with van der Waals surface area (Å²) in [4.78, 5) is 93.5. The molecule has 0 amide bonds. The molecule has 0 bridgehead atoms. The topological polar surface area (TPSA) is 239 Å². The molecule has 18 heteroatoms. The Hall–Kier alpha value is -6.20. The van der Waals surface area contributed by atoms with Gasteiger partial charge in [-0.25, -0.2) is 19.2 Å². The lowest BCUT2D eigenvalue weighted by molar-refractivity contribution is -0.149. The predicted octanol–water partition coefficient (Wildman–Crippen LogP) is 0.610. The molecule has 0 aromatic heterocycles. The number of carboxylic acid groups (broad SMARTS) is 2. The summed E-state index contributed by atoms with van der Waals surface area (Å²) in [5, 5.41) is 17.9. The normalized spacial score (nSPS) is 10.1. The van der Waals surface area contributed by atoms with Gasteiger partial charge in [0.15, 0.2) is 26.7 Å². The maximum absolute atomic E-state index is 12.2. The molecule has 0 fully saturated rings. The summed E-state index contributed by atoms with van der Waals surface area (Å²) in [7, 11) is 0. The smallest absolute Gasteiger partial charge is 0.344 e. The van der Waals surface area contributed by atoms with Crippen LogP contribution in [0, 0.1) is 0 Å². The zero-order chi connectivity index (χ0) is 35.3. The summed E-state index contributed by atoms with van der Waals surface area (Å²) in [5.74, 6) is -5.78. The van der Waals surface area contributed by atoms with Crippen molar-refractivity contribution in [1.82, 2.24) is 0 Å². The van der Waals surface area contributed by atoms with Crippen LogP contribution >= 0.6 is 0 Å². The number of esters is 4. The average molecular weight is 677 g/mol. The molecule has 2 aromatic rings. The highest BCUT2D eigenvalue weighted by molar-refractivity contribution is 5.92. The van der Waals surface area contributed by atoms with Gasteiger partial charge in [0.25, 0.3) is 12.9 Å². The second kappa shape index (κ2) is 20.8. The Morgan fingerprint density at radius 3 is 1.29 bits per heavy atom. The Bertz CT molecular complexity index is 1380. The van der Waals surface area contributed by atoms with Gasteiger partial charge in [-0.05, 0) is 61.4 Å². The minimum Gasteiger partial charge on any atom is -0.480 e. The summed E-state index contributed by atoms with van der Waals surface area (Å²) in [6, 6.07) is 11.0. The number of benzene rings is 2. The SMILES string of the molecule is O=COCN(COC=O)c1ccc(C(=O)OCC(=O)OCCCCOC(=O)COC(=O)c2ccc(N(CC(=O)O)CC(=O)O)cc2)cc1. The molecule has 0 atom stereocenters. The van der Waals surface area contributed by atoms with E-state index in [0.29, 0.717) is 18.5 Å². The van der Waals surface area contributed by atoms with Gasteiger partial charge < -0.3 is 48.4 Å². The quantitative estimate of drug-likeness (QED) is 0.0539. The van der Waals surface area contributed by atoms with Gasteiger partial charge in [0.05, 0.1) is 24.3 Å². The minimum atomic E-state index is -1.24. The number of hydrogen-bond donors (Lipinski definition) is 2. The second-order valence-corrected chi connectivity index (χ2v) is 9.36. The molecule has 18 nitrogen and oxygen atoms in total. The Labute approximate surface area is 272 Å². The van der Waals surface area contributed by atoms with E-state index in [-0.39, 0.29) is 56.4 Å². The molecule has 0 radical (unpaired) electrons. The van der Waals surface area contributed by atoms with Crippen molar-refractivity contribution in [3.8, 4) is 0 Å². The highest BCUT2D eigenvalue weighted by Crippen LogP contribution is 2.17. The van der Waals surface area contributed by atoms with Crippen LogP contribution in [0.1, 0.15) is 33.6 Å². The van der Waals surface area contributed by atoms with E-state index in [4.69, 9.17) is 29.2 Å². The van der Waals surface area contributed by atoms with Crippen LogP contribution in [-0.2, 0) is 57.2 Å². The standard InChI is InChI=1S/C30H32N2O16/c33-19-43-17-32(18-44-20-34)24-9-5-22(6-10-24)30(42)48-16-28(40)46-12-2-1-11-45-27(39)15-47-29(41)21-3-7-23(8-4-21)31(13-25(35)36)14-26(37)38/h3-10,19-20H,1-2,11-18H2,(H,35,36)(H,37,38). The van der Waals surface area contributed by atoms with Crippen molar-refractivity contribution >= 4 is 60.1 Å². The number of rotatable bonds is 23. The van der Waals surface area contributed by atoms with Gasteiger partial charge in [0, 0.05) is 11.4 Å². The van der Waals surface area contributed by atoms with Crippen LogP contribution < -0.4 is 9.80 Å². The van der Waals surface area contributed by atoms with Crippen LogP contribution in [-0.4, -0.2) is 112 Å². The Kier molecular flexibility index (Phi) is 16.4. The maximum atomic E-state index is 12.2. The summed E-state index contributed by atoms with van der Waals surface area (Å²) >= 11 is 0. The lowest BCUT2D eigenvalue weighted by atomic mass is 10.2. The van der Waals surface area contributed by atoms with E-state index in [1.54, 1.807) is 0 Å². The first-order valence-corrected chi connectivity index (χ1v) is 13.9. The number of hydrogen-bond acceptors (Lipinski definition) is 16. The van der Waals surface area contributed by atoms with Gasteiger partial charge in [-0.3, -0.25) is 19.2 Å². The molecule has 0 saturated carbocycles. The van der Waals surface area contributed by atoms with Crippen molar-refractivity contribution in [2.75, 3.05) is 62.8 Å². The molecule has 0 heterocycles. The molecule has 258 valence electrons. The van der Waals surface area contributed by atoms with Gasteiger partial charge in [0.2, 0.25) is 0 Å². The number of aliphatic carboxylic acids is 2. The van der Waals surface area contributed by atoms with E-state index in [0.717, 1.165) is 4.90 Å². The second-order valence-electron chi connectivity index (χ2n) is 9.36. The van der Waals surface area contributed by atoms with E-state index in [1.807, 2.05) is 0 Å². The van der Waals surface area contributed by atoms with Gasteiger partial charge in [0.1, 0.15) is 13.1 Å². The molecule has 48 heavy (non-hydrogen) atoms. The molecule has 2 aromatic carbocycles. The van der Waals surface area contributed by atoms with Crippen LogP contribution in [0.4, 0.5) is 11.4 Å². The van der Waals surface area contributed by atoms with E-state index in [9.17, 15) is 38.4 Å². The third-order valence-electron chi connectivity index (χ3n) is 5.89. The van der Waals surface area contributed by atoms with Gasteiger partial charge in [-0.1, -0.05) is 0 Å². The van der Waals surface area contributed by atoms with E-state index in [1.165, 1.54) is 53.4 Å². The third-order valence-corrected chi connectivity index (χ3v) is 5.89. The third kappa shape index (κ3) is 14.3. The first-order chi connectivity index (χ1) is 23.0. The summed E-state index contributed by atoms with van der Waals surface area (Å²) < 4.78 is 29.1. The van der Waals surface area contributed by atoms with Gasteiger partial charge in [-0.15, -0.1) is 0 Å². The van der Waals surface area contributed by atoms with Crippen LogP contribution in [0.15, 0.2) is 48.5 Å². The number of ether oxygens (including phenoxy) is 6. The zero-order valence-electron chi connectivity index (χ0n) is 25.3.